The topological polar surface area (TPSA) is 83.6 Å². The molecule has 0 radical (unpaired) electrons. The van der Waals surface area contributed by atoms with E-state index in [2.05, 4.69) is 0 Å². The Hall–Kier alpha value is -2.05. The molecule has 0 aliphatic rings. The summed E-state index contributed by atoms with van der Waals surface area (Å²) in [5.41, 5.74) is 7.86. The van der Waals surface area contributed by atoms with Gasteiger partial charge in [0.25, 0.3) is 0 Å². The second-order valence-corrected chi connectivity index (χ2v) is 6.99. The zero-order valence-corrected chi connectivity index (χ0v) is 12.8. The normalized spacial score (nSPS) is 11.8. The van der Waals surface area contributed by atoms with E-state index in [4.69, 9.17) is 5.73 Å². The molecule has 0 saturated carbocycles. The maximum Gasteiger partial charge on any atom is 0.243 e. The van der Waals surface area contributed by atoms with Crippen LogP contribution in [0.4, 0.5) is 5.69 Å². The summed E-state index contributed by atoms with van der Waals surface area (Å²) >= 11 is 0. The highest BCUT2D eigenvalue weighted by Gasteiger charge is 2.21. The van der Waals surface area contributed by atoms with Gasteiger partial charge in [-0.2, -0.15) is 4.31 Å². The molecular weight excluding hydrogens is 288 g/mol. The van der Waals surface area contributed by atoms with Gasteiger partial charge in [-0.25, -0.2) is 8.42 Å². The number of anilines is 1. The predicted octanol–water partition coefficient (Wildman–Crippen LogP) is 2.10. The fourth-order valence-electron chi connectivity index (χ4n) is 1.90. The van der Waals surface area contributed by atoms with Gasteiger partial charge in [0, 0.05) is 19.3 Å². The number of hydrogen-bond acceptors (Lipinski definition) is 4. The van der Waals surface area contributed by atoms with Crippen molar-refractivity contribution in [2.24, 2.45) is 0 Å². The van der Waals surface area contributed by atoms with E-state index in [1.54, 1.807) is 24.3 Å². The molecular formula is C15H18N2O3S. The minimum Gasteiger partial charge on any atom is -0.508 e. The first-order valence-electron chi connectivity index (χ1n) is 6.41. The van der Waals surface area contributed by atoms with Gasteiger partial charge < -0.3 is 10.8 Å². The monoisotopic (exact) mass is 306 g/mol. The molecule has 2 rings (SSSR count). The molecule has 21 heavy (non-hydrogen) atoms. The summed E-state index contributed by atoms with van der Waals surface area (Å²) in [6.45, 7) is 2.04. The zero-order valence-electron chi connectivity index (χ0n) is 11.9. The summed E-state index contributed by atoms with van der Waals surface area (Å²) in [4.78, 5) is 0.173. The lowest BCUT2D eigenvalue weighted by atomic mass is 10.2. The molecule has 0 aromatic heterocycles. The van der Waals surface area contributed by atoms with Gasteiger partial charge in [-0.05, 0) is 42.3 Å². The highest BCUT2D eigenvalue weighted by molar-refractivity contribution is 7.89. The molecule has 2 aromatic carbocycles. The standard InChI is InChI=1S/C15H18N2O3S/c1-11-3-8-14(9-15(11)16)21(19,20)17(2)10-12-4-6-13(18)7-5-12/h3-9,18H,10,16H2,1-2H3. The maximum absolute atomic E-state index is 12.5. The predicted molar refractivity (Wildman–Crippen MR) is 82.4 cm³/mol. The van der Waals surface area contributed by atoms with Crippen LogP contribution in [0.5, 0.6) is 5.75 Å². The van der Waals surface area contributed by atoms with Crippen LogP contribution in [0.25, 0.3) is 0 Å². The number of hydrogen-bond donors (Lipinski definition) is 2. The number of nitrogens with two attached hydrogens (primary N) is 1. The number of nitrogen functional groups attached to an aromatic ring is 1. The molecule has 0 aliphatic heterocycles. The van der Waals surface area contributed by atoms with E-state index in [9.17, 15) is 13.5 Å². The lowest BCUT2D eigenvalue weighted by Crippen LogP contribution is -2.26. The zero-order chi connectivity index (χ0) is 15.6. The van der Waals surface area contributed by atoms with Crippen molar-refractivity contribution < 1.29 is 13.5 Å². The van der Waals surface area contributed by atoms with Gasteiger partial charge in [0.15, 0.2) is 0 Å². The molecule has 0 aliphatic carbocycles. The minimum absolute atomic E-state index is 0.149. The van der Waals surface area contributed by atoms with Gasteiger partial charge >= 0.3 is 0 Å². The Labute approximate surface area is 124 Å². The number of sulfonamides is 1. The number of phenols is 1. The van der Waals surface area contributed by atoms with Crippen molar-refractivity contribution in [1.82, 2.24) is 4.31 Å². The molecule has 2 aromatic rings. The summed E-state index contributed by atoms with van der Waals surface area (Å²) < 4.78 is 26.2. The van der Waals surface area contributed by atoms with Crippen LogP contribution in [0.1, 0.15) is 11.1 Å². The molecule has 0 atom stereocenters. The summed E-state index contributed by atoms with van der Waals surface area (Å²) in [7, 11) is -2.08. The fourth-order valence-corrected chi connectivity index (χ4v) is 3.10. The van der Waals surface area contributed by atoms with Gasteiger partial charge in [0.2, 0.25) is 10.0 Å². The lowest BCUT2D eigenvalue weighted by molar-refractivity contribution is 0.463. The molecule has 3 N–H and O–H groups in total. The number of phenolic OH excluding ortho intramolecular Hbond substituents is 1. The molecule has 112 valence electrons. The van der Waals surface area contributed by atoms with Crippen molar-refractivity contribution in [3.63, 3.8) is 0 Å². The number of aromatic hydroxyl groups is 1. The number of rotatable bonds is 4. The van der Waals surface area contributed by atoms with Gasteiger partial charge in [0.1, 0.15) is 5.75 Å². The van der Waals surface area contributed by atoms with E-state index in [-0.39, 0.29) is 17.2 Å². The second kappa shape index (κ2) is 5.75. The van der Waals surface area contributed by atoms with Crippen LogP contribution in [0, 0.1) is 6.92 Å². The van der Waals surface area contributed by atoms with Crippen molar-refractivity contribution in [1.29, 1.82) is 0 Å². The molecule has 6 heteroatoms. The van der Waals surface area contributed by atoms with Crippen LogP contribution < -0.4 is 5.73 Å². The first kappa shape index (κ1) is 15.3. The highest BCUT2D eigenvalue weighted by atomic mass is 32.2. The van der Waals surface area contributed by atoms with Crippen molar-refractivity contribution >= 4 is 15.7 Å². The van der Waals surface area contributed by atoms with Crippen molar-refractivity contribution in [3.05, 3.63) is 53.6 Å². The largest absolute Gasteiger partial charge is 0.508 e. The quantitative estimate of drug-likeness (QED) is 0.847. The van der Waals surface area contributed by atoms with E-state index in [0.717, 1.165) is 11.1 Å². The van der Waals surface area contributed by atoms with Crippen LogP contribution in [-0.4, -0.2) is 24.9 Å². The fraction of sp³-hybridized carbons (Fsp3) is 0.200. The van der Waals surface area contributed by atoms with Crippen LogP contribution in [0.15, 0.2) is 47.4 Å². The highest BCUT2D eigenvalue weighted by Crippen LogP contribution is 2.21. The Morgan fingerprint density at radius 2 is 1.76 bits per heavy atom. The van der Waals surface area contributed by atoms with Gasteiger partial charge in [-0.1, -0.05) is 18.2 Å². The van der Waals surface area contributed by atoms with Crippen LogP contribution >= 0.6 is 0 Å². The lowest BCUT2D eigenvalue weighted by Gasteiger charge is -2.18. The molecule has 0 unspecified atom stereocenters. The average molecular weight is 306 g/mol. The molecule has 0 bridgehead atoms. The number of aryl methyl sites for hydroxylation is 1. The van der Waals surface area contributed by atoms with Crippen molar-refractivity contribution in [3.8, 4) is 5.75 Å². The van der Waals surface area contributed by atoms with Crippen molar-refractivity contribution in [2.45, 2.75) is 18.4 Å². The molecule has 0 spiro atoms. The third kappa shape index (κ3) is 3.34. The minimum atomic E-state index is -3.60. The number of nitrogens with zero attached hydrogens (tertiary/aromatic N) is 1. The van der Waals surface area contributed by atoms with Gasteiger partial charge in [-0.3, -0.25) is 0 Å². The molecule has 0 fully saturated rings. The Morgan fingerprint density at radius 1 is 1.14 bits per heavy atom. The van der Waals surface area contributed by atoms with Gasteiger partial charge in [0.05, 0.1) is 4.90 Å². The first-order valence-corrected chi connectivity index (χ1v) is 7.85. The van der Waals surface area contributed by atoms with Crippen LogP contribution in [-0.2, 0) is 16.6 Å². The van der Waals surface area contributed by atoms with Crippen LogP contribution in [0.2, 0.25) is 0 Å². The van der Waals surface area contributed by atoms with E-state index in [1.807, 2.05) is 6.92 Å². The number of benzene rings is 2. The van der Waals surface area contributed by atoms with Crippen LogP contribution in [0.3, 0.4) is 0 Å². The Kier molecular flexibility index (Phi) is 4.20. The summed E-state index contributed by atoms with van der Waals surface area (Å²) in [6.07, 6.45) is 0. The summed E-state index contributed by atoms with van der Waals surface area (Å²) in [6, 6.07) is 11.1. The maximum atomic E-state index is 12.5. The van der Waals surface area contributed by atoms with Gasteiger partial charge in [-0.15, -0.1) is 0 Å². The first-order chi connectivity index (χ1) is 9.80. The second-order valence-electron chi connectivity index (χ2n) is 4.95. The van der Waals surface area contributed by atoms with Crippen molar-refractivity contribution in [2.75, 3.05) is 12.8 Å². The summed E-state index contributed by atoms with van der Waals surface area (Å²) in [5, 5.41) is 9.24. The third-order valence-corrected chi connectivity index (χ3v) is 5.10. The molecule has 0 amide bonds. The van der Waals surface area contributed by atoms with E-state index in [1.165, 1.54) is 29.6 Å². The Morgan fingerprint density at radius 3 is 2.33 bits per heavy atom. The van der Waals surface area contributed by atoms with E-state index >= 15 is 0 Å². The molecule has 0 heterocycles. The Bertz CT molecular complexity index is 740. The average Bonchev–Trinajstić information content (AvgIpc) is 2.44. The smallest absolute Gasteiger partial charge is 0.243 e. The third-order valence-electron chi connectivity index (χ3n) is 3.30. The molecule has 5 nitrogen and oxygen atoms in total. The SMILES string of the molecule is Cc1ccc(S(=O)(=O)N(C)Cc2ccc(O)cc2)cc1N. The summed E-state index contributed by atoms with van der Waals surface area (Å²) in [5.74, 6) is 0.149. The van der Waals surface area contributed by atoms with E-state index < -0.39 is 10.0 Å². The van der Waals surface area contributed by atoms with E-state index in [0.29, 0.717) is 5.69 Å². The molecule has 0 saturated heterocycles. The Balaban J connectivity index is 2.25.